The number of aliphatic carboxylic acids is 1. The Morgan fingerprint density at radius 2 is 1.51 bits per heavy atom. The summed E-state index contributed by atoms with van der Waals surface area (Å²) in [4.78, 5) is 26.1. The van der Waals surface area contributed by atoms with E-state index >= 15 is 0 Å². The fourth-order valence-corrected chi connectivity index (χ4v) is 4.82. The molecule has 0 fully saturated rings. The molecule has 8 nitrogen and oxygen atoms in total. The van der Waals surface area contributed by atoms with E-state index in [2.05, 4.69) is 13.8 Å². The number of nitrogens with zero attached hydrogens (tertiary/aromatic N) is 1. The highest BCUT2D eigenvalue weighted by Gasteiger charge is 2.19. The quantitative estimate of drug-likeness (QED) is 0.153. The topological polar surface area (TPSA) is 94.5 Å². The molecule has 232 valence electrons. The average Bonchev–Trinajstić information content (AvgIpc) is 2.96. The van der Waals surface area contributed by atoms with Crippen molar-refractivity contribution in [2.75, 3.05) is 32.9 Å². The third kappa shape index (κ3) is 12.1. The van der Waals surface area contributed by atoms with Crippen molar-refractivity contribution in [1.29, 1.82) is 0 Å². The molecular formula is C33H39Cl2NO7. The number of amides is 1. The lowest BCUT2D eigenvalue weighted by molar-refractivity contribution is -0.149. The number of carboxylic acid groups (broad SMARTS) is 1. The first-order valence-electron chi connectivity index (χ1n) is 14.3. The summed E-state index contributed by atoms with van der Waals surface area (Å²) in [5.74, 6) is 0.452. The summed E-state index contributed by atoms with van der Waals surface area (Å²) in [5, 5.41) is 10.4. The third-order valence-corrected chi connectivity index (χ3v) is 6.97. The molecule has 0 saturated carbocycles. The van der Waals surface area contributed by atoms with E-state index in [-0.39, 0.29) is 13.0 Å². The van der Waals surface area contributed by atoms with Gasteiger partial charge < -0.3 is 29.0 Å². The van der Waals surface area contributed by atoms with Crippen molar-refractivity contribution in [2.45, 2.75) is 52.2 Å². The van der Waals surface area contributed by atoms with Crippen molar-refractivity contribution in [3.05, 3.63) is 93.5 Å². The Kier molecular flexibility index (Phi) is 14.1. The highest BCUT2D eigenvalue weighted by atomic mass is 35.5. The van der Waals surface area contributed by atoms with Crippen molar-refractivity contribution in [1.82, 2.24) is 4.90 Å². The molecule has 3 aromatic rings. The lowest BCUT2D eigenvalue weighted by Crippen LogP contribution is -2.38. The predicted octanol–water partition coefficient (Wildman–Crippen LogP) is 7.64. The number of benzene rings is 3. The lowest BCUT2D eigenvalue weighted by atomic mass is 10.0. The van der Waals surface area contributed by atoms with Gasteiger partial charge in [-0.05, 0) is 78.4 Å². The maximum Gasteiger partial charge on any atom is 0.415 e. The van der Waals surface area contributed by atoms with Crippen LogP contribution in [0.25, 0.3) is 0 Å². The number of halogens is 2. The first-order valence-corrected chi connectivity index (χ1v) is 15.1. The minimum atomic E-state index is -0.996. The minimum Gasteiger partial charge on any atom is -0.492 e. The zero-order valence-electron chi connectivity index (χ0n) is 24.8. The van der Waals surface area contributed by atoms with Gasteiger partial charge in [0.05, 0.1) is 13.2 Å². The molecule has 3 aromatic carbocycles. The highest BCUT2D eigenvalue weighted by molar-refractivity contribution is 6.34. The van der Waals surface area contributed by atoms with Crippen LogP contribution < -0.4 is 9.47 Å². The van der Waals surface area contributed by atoms with Crippen LogP contribution in [0.3, 0.4) is 0 Å². The second-order valence-electron chi connectivity index (χ2n) is 10.2. The summed E-state index contributed by atoms with van der Waals surface area (Å²) >= 11 is 12.1. The number of ether oxygens (including phenoxy) is 4. The molecule has 0 bridgehead atoms. The normalized spacial score (nSPS) is 11.8. The first kappa shape index (κ1) is 34.2. The summed E-state index contributed by atoms with van der Waals surface area (Å²) in [6, 6.07) is 19.9. The average molecular weight is 633 g/mol. The lowest BCUT2D eigenvalue weighted by Gasteiger charge is -2.22. The van der Waals surface area contributed by atoms with E-state index in [1.165, 1.54) is 0 Å². The molecule has 0 saturated heterocycles. The van der Waals surface area contributed by atoms with Gasteiger partial charge in [0.2, 0.25) is 0 Å². The van der Waals surface area contributed by atoms with Crippen LogP contribution in [0.4, 0.5) is 4.79 Å². The summed E-state index contributed by atoms with van der Waals surface area (Å²) in [6.45, 7) is 7.99. The number of carbonyl (C=O) groups excluding carboxylic acids is 1. The van der Waals surface area contributed by atoms with E-state index in [4.69, 9.17) is 42.1 Å². The standard InChI is InChI=1S/C33H39Cl2NO7/c1-4-41-31(32(37)38)20-24-6-10-29(11-7-24)42-17-15-36(33(39)43-30-12-8-26(9-13-30)23(2)3)14-5-16-40-22-25-18-27(34)21-28(35)19-25/h6-13,18-19,21,23,31H,4-5,14-17,20,22H2,1-3H3,(H,37,38). The van der Waals surface area contributed by atoms with E-state index in [1.807, 2.05) is 24.3 Å². The van der Waals surface area contributed by atoms with Gasteiger partial charge in [-0.25, -0.2) is 9.59 Å². The molecule has 1 unspecified atom stereocenters. The number of hydrogen-bond donors (Lipinski definition) is 1. The van der Waals surface area contributed by atoms with Crippen LogP contribution in [-0.4, -0.2) is 61.1 Å². The minimum absolute atomic E-state index is 0.235. The van der Waals surface area contributed by atoms with E-state index in [0.717, 1.165) is 16.7 Å². The van der Waals surface area contributed by atoms with Crippen LogP contribution in [0.1, 0.15) is 49.8 Å². The molecule has 0 aromatic heterocycles. The molecule has 1 amide bonds. The molecule has 0 spiro atoms. The monoisotopic (exact) mass is 631 g/mol. The van der Waals surface area contributed by atoms with Crippen LogP contribution in [0.5, 0.6) is 11.5 Å². The fraction of sp³-hybridized carbons (Fsp3) is 0.394. The number of carboxylic acids is 1. The van der Waals surface area contributed by atoms with Crippen molar-refractivity contribution < 1.29 is 33.6 Å². The van der Waals surface area contributed by atoms with Crippen molar-refractivity contribution in [3.8, 4) is 11.5 Å². The summed E-state index contributed by atoms with van der Waals surface area (Å²) in [7, 11) is 0. The van der Waals surface area contributed by atoms with Gasteiger partial charge in [0.25, 0.3) is 0 Å². The summed E-state index contributed by atoms with van der Waals surface area (Å²) in [6.07, 6.45) is -0.540. The molecule has 3 rings (SSSR count). The molecule has 10 heteroatoms. The van der Waals surface area contributed by atoms with Gasteiger partial charge >= 0.3 is 12.1 Å². The van der Waals surface area contributed by atoms with Gasteiger partial charge in [0, 0.05) is 36.2 Å². The van der Waals surface area contributed by atoms with E-state index < -0.39 is 18.2 Å². The molecule has 1 N–H and O–H groups in total. The molecule has 43 heavy (non-hydrogen) atoms. The van der Waals surface area contributed by atoms with Crippen LogP contribution >= 0.6 is 23.2 Å². The molecule has 1 atom stereocenters. The van der Waals surface area contributed by atoms with E-state index in [1.54, 1.807) is 54.3 Å². The summed E-state index contributed by atoms with van der Waals surface area (Å²) < 4.78 is 22.6. The molecular weight excluding hydrogens is 593 g/mol. The van der Waals surface area contributed by atoms with E-state index in [0.29, 0.717) is 66.8 Å². The number of hydrogen-bond acceptors (Lipinski definition) is 6. The smallest absolute Gasteiger partial charge is 0.415 e. The fourth-order valence-electron chi connectivity index (χ4n) is 4.25. The van der Waals surface area contributed by atoms with Gasteiger partial charge in [-0.15, -0.1) is 0 Å². The Hall–Kier alpha value is -3.30. The number of carbonyl (C=O) groups is 2. The maximum atomic E-state index is 13.1. The molecule has 0 radical (unpaired) electrons. The van der Waals surface area contributed by atoms with Crippen LogP contribution in [0, 0.1) is 0 Å². The Balaban J connectivity index is 1.55. The Morgan fingerprint density at radius 1 is 0.860 bits per heavy atom. The summed E-state index contributed by atoms with van der Waals surface area (Å²) in [5.41, 5.74) is 2.85. The third-order valence-electron chi connectivity index (χ3n) is 6.54. The zero-order valence-corrected chi connectivity index (χ0v) is 26.3. The Labute approximate surface area is 263 Å². The predicted molar refractivity (Wildman–Crippen MR) is 168 cm³/mol. The van der Waals surface area contributed by atoms with Crippen molar-refractivity contribution in [2.24, 2.45) is 0 Å². The Morgan fingerprint density at radius 3 is 2.12 bits per heavy atom. The molecule has 0 aliphatic heterocycles. The first-order chi connectivity index (χ1) is 20.6. The van der Waals surface area contributed by atoms with Crippen molar-refractivity contribution in [3.63, 3.8) is 0 Å². The van der Waals surface area contributed by atoms with Gasteiger partial charge in [-0.1, -0.05) is 61.3 Å². The molecule has 0 aliphatic rings. The number of rotatable bonds is 17. The van der Waals surface area contributed by atoms with Crippen molar-refractivity contribution >= 4 is 35.3 Å². The molecule has 0 aliphatic carbocycles. The van der Waals surface area contributed by atoms with E-state index in [9.17, 15) is 14.7 Å². The van der Waals surface area contributed by atoms with Gasteiger partial charge in [0.15, 0.2) is 6.10 Å². The van der Waals surface area contributed by atoms with Crippen LogP contribution in [-0.2, 0) is 27.3 Å². The SMILES string of the molecule is CCOC(Cc1ccc(OCCN(CCCOCc2cc(Cl)cc(Cl)c2)C(=O)Oc2ccc(C(C)C)cc2)cc1)C(=O)O. The molecule has 0 heterocycles. The second-order valence-corrected chi connectivity index (χ2v) is 11.1. The van der Waals surface area contributed by atoms with Crippen LogP contribution in [0.2, 0.25) is 10.0 Å². The zero-order chi connectivity index (χ0) is 31.2. The largest absolute Gasteiger partial charge is 0.492 e. The van der Waals surface area contributed by atoms with Gasteiger partial charge in [-0.3, -0.25) is 0 Å². The second kappa shape index (κ2) is 17.7. The maximum absolute atomic E-state index is 13.1. The van der Waals surface area contributed by atoms with Crippen LogP contribution in [0.15, 0.2) is 66.7 Å². The highest BCUT2D eigenvalue weighted by Crippen LogP contribution is 2.21. The van der Waals surface area contributed by atoms with Gasteiger partial charge in [0.1, 0.15) is 18.1 Å². The Bertz CT molecular complexity index is 1280. The van der Waals surface area contributed by atoms with Gasteiger partial charge in [-0.2, -0.15) is 0 Å².